The van der Waals surface area contributed by atoms with Crippen molar-refractivity contribution in [3.63, 3.8) is 0 Å². The van der Waals surface area contributed by atoms with Gasteiger partial charge in [0.1, 0.15) is 35.2 Å². The van der Waals surface area contributed by atoms with Gasteiger partial charge >= 0.3 is 6.01 Å². The number of nitrogens with zero attached hydrogens (tertiary/aromatic N) is 4. The van der Waals surface area contributed by atoms with E-state index in [9.17, 15) is 14.3 Å². The molecular weight excluding hydrogens is 554 g/mol. The number of hydrogen-bond donors (Lipinski definition) is 3. The lowest BCUT2D eigenvalue weighted by molar-refractivity contribution is -0.122. The zero-order valence-electron chi connectivity index (χ0n) is 24.1. The maximum atomic E-state index is 16.6. The molecule has 2 aromatic carbocycles. The molecule has 3 N–H and O–H groups in total. The number of rotatable bonds is 8. The first-order valence-corrected chi connectivity index (χ1v) is 15.1. The van der Waals surface area contributed by atoms with Crippen molar-refractivity contribution in [2.45, 2.75) is 51.0 Å². The number of pyridine rings is 1. The number of ether oxygens (including phenoxy) is 1. The molecule has 43 heavy (non-hydrogen) atoms. The maximum Gasteiger partial charge on any atom is 0.319 e. The number of phenolic OH excluding ortho intramolecular Hbond substituents is 1. The molecular formula is C32H34F2N6O3. The van der Waals surface area contributed by atoms with Gasteiger partial charge in [0.25, 0.3) is 0 Å². The van der Waals surface area contributed by atoms with Crippen LogP contribution in [-0.4, -0.2) is 69.2 Å². The summed E-state index contributed by atoms with van der Waals surface area (Å²) in [6, 6.07) is 5.89. The predicted octanol–water partition coefficient (Wildman–Crippen LogP) is 4.95. The van der Waals surface area contributed by atoms with Gasteiger partial charge in [-0.1, -0.05) is 13.0 Å². The lowest BCUT2D eigenvalue weighted by atomic mass is 9.94. The summed E-state index contributed by atoms with van der Waals surface area (Å²) in [6.45, 7) is 5.24. The molecule has 5 heterocycles. The van der Waals surface area contributed by atoms with Crippen LogP contribution in [0.25, 0.3) is 32.9 Å². The highest BCUT2D eigenvalue weighted by Gasteiger charge is 2.45. The Morgan fingerprint density at radius 1 is 1.19 bits per heavy atom. The van der Waals surface area contributed by atoms with E-state index in [-0.39, 0.29) is 45.9 Å². The highest BCUT2D eigenvalue weighted by molar-refractivity contribution is 6.01. The molecule has 0 saturated carbocycles. The molecule has 3 fully saturated rings. The fourth-order valence-electron chi connectivity index (χ4n) is 7.18. The first-order chi connectivity index (χ1) is 20.9. The zero-order valence-corrected chi connectivity index (χ0v) is 24.1. The van der Waals surface area contributed by atoms with E-state index in [1.165, 1.54) is 24.4 Å². The third-order valence-corrected chi connectivity index (χ3v) is 9.39. The molecule has 11 heteroatoms. The second kappa shape index (κ2) is 10.9. The van der Waals surface area contributed by atoms with Gasteiger partial charge in [-0.25, -0.2) is 8.78 Å². The van der Waals surface area contributed by atoms with E-state index >= 15 is 4.39 Å². The Hall–Kier alpha value is -4.12. The molecule has 0 bridgehead atoms. The number of hydrogen-bond acceptors (Lipinski definition) is 8. The van der Waals surface area contributed by atoms with Crippen molar-refractivity contribution in [2.24, 2.45) is 5.92 Å². The van der Waals surface area contributed by atoms with E-state index in [1.54, 1.807) is 6.07 Å². The van der Waals surface area contributed by atoms with Crippen LogP contribution in [0.4, 0.5) is 14.6 Å². The molecule has 4 aromatic rings. The second-order valence-electron chi connectivity index (χ2n) is 11.9. The van der Waals surface area contributed by atoms with Crippen LogP contribution in [0.5, 0.6) is 11.8 Å². The second-order valence-corrected chi connectivity index (χ2v) is 11.9. The fourth-order valence-corrected chi connectivity index (χ4v) is 7.18. The number of benzene rings is 2. The normalized spacial score (nSPS) is 19.7. The van der Waals surface area contributed by atoms with Crippen molar-refractivity contribution in [3.05, 3.63) is 47.7 Å². The van der Waals surface area contributed by atoms with Gasteiger partial charge in [0.15, 0.2) is 5.82 Å². The number of nitrogens with one attached hydrogen (secondary N) is 2. The molecule has 3 aliphatic heterocycles. The average Bonchev–Trinajstić information content (AvgIpc) is 3.71. The van der Waals surface area contributed by atoms with Crippen LogP contribution in [0, 0.1) is 17.6 Å². The van der Waals surface area contributed by atoms with Crippen molar-refractivity contribution >= 4 is 33.4 Å². The maximum absolute atomic E-state index is 16.6. The lowest BCUT2D eigenvalue weighted by Crippen LogP contribution is -2.43. The molecule has 1 unspecified atom stereocenters. The van der Waals surface area contributed by atoms with Crippen LogP contribution in [-0.2, 0) is 11.2 Å². The third kappa shape index (κ3) is 4.79. The van der Waals surface area contributed by atoms with E-state index in [2.05, 4.69) is 30.5 Å². The molecule has 0 aliphatic carbocycles. The van der Waals surface area contributed by atoms with Crippen molar-refractivity contribution in [1.82, 2.24) is 25.2 Å². The van der Waals surface area contributed by atoms with E-state index < -0.39 is 11.6 Å². The summed E-state index contributed by atoms with van der Waals surface area (Å²) in [7, 11) is 0. The highest BCUT2D eigenvalue weighted by atomic mass is 19.1. The molecule has 9 nitrogen and oxygen atoms in total. The van der Waals surface area contributed by atoms with Crippen LogP contribution in [0.15, 0.2) is 30.5 Å². The van der Waals surface area contributed by atoms with Gasteiger partial charge in [-0.2, -0.15) is 9.97 Å². The van der Waals surface area contributed by atoms with Gasteiger partial charge < -0.3 is 20.5 Å². The Balaban J connectivity index is 1.34. The quantitative estimate of drug-likeness (QED) is 0.265. The van der Waals surface area contributed by atoms with Crippen molar-refractivity contribution < 1.29 is 23.4 Å². The first-order valence-electron chi connectivity index (χ1n) is 15.1. The number of aryl methyl sites for hydroxylation is 1. The number of carbonyl (C=O) groups excluding carboxylic acids is 1. The van der Waals surface area contributed by atoms with Crippen LogP contribution in [0.3, 0.4) is 0 Å². The summed E-state index contributed by atoms with van der Waals surface area (Å²) in [6.07, 6.45) is 6.83. The smallest absolute Gasteiger partial charge is 0.319 e. The number of halogens is 2. The van der Waals surface area contributed by atoms with Crippen molar-refractivity contribution in [2.75, 3.05) is 38.1 Å². The summed E-state index contributed by atoms with van der Waals surface area (Å²) < 4.78 is 37.7. The minimum atomic E-state index is -0.730. The summed E-state index contributed by atoms with van der Waals surface area (Å²) >= 11 is 0. The molecule has 2 aromatic heterocycles. The molecule has 1 amide bonds. The minimum absolute atomic E-state index is 0.00785. The molecule has 3 saturated heterocycles. The van der Waals surface area contributed by atoms with E-state index in [4.69, 9.17) is 4.74 Å². The standard InChI is InChI=1S/C32H34F2N6O3/c1-2-21-24(33)6-5-18-13-20(41)14-22(25(18)21)27-26(34)28-23(16-36-27)29(37-15-19-7-10-35-30(19)42)39-31(38-28)43-17-32-8-3-11-40(32)12-4-9-32/h5-6,13-14,16,19,41H,2-4,7-12,15,17H2,1H3,(H,35,42)(H,37,38,39). The van der Waals surface area contributed by atoms with Gasteiger partial charge in [0, 0.05) is 24.8 Å². The molecule has 3 aliphatic rings. The Kier molecular flexibility index (Phi) is 6.99. The van der Waals surface area contributed by atoms with Crippen LogP contribution >= 0.6 is 0 Å². The average molecular weight is 589 g/mol. The number of phenols is 1. The first kappa shape index (κ1) is 27.7. The van der Waals surface area contributed by atoms with Gasteiger partial charge in [0.05, 0.1) is 16.8 Å². The fraction of sp³-hybridized carbons (Fsp3) is 0.438. The van der Waals surface area contributed by atoms with Crippen LogP contribution in [0.2, 0.25) is 0 Å². The summed E-state index contributed by atoms with van der Waals surface area (Å²) in [5.41, 5.74) is 0.559. The number of amides is 1. The Labute approximate surface area is 247 Å². The molecule has 0 radical (unpaired) electrons. The molecule has 1 atom stereocenters. The highest BCUT2D eigenvalue weighted by Crippen LogP contribution is 2.40. The summed E-state index contributed by atoms with van der Waals surface area (Å²) in [4.78, 5) is 28.3. The van der Waals surface area contributed by atoms with Gasteiger partial charge in [-0.05, 0) is 86.1 Å². The van der Waals surface area contributed by atoms with E-state index in [0.29, 0.717) is 60.1 Å². The van der Waals surface area contributed by atoms with Crippen molar-refractivity contribution in [3.8, 4) is 23.0 Å². The molecule has 0 spiro atoms. The number of anilines is 1. The number of fused-ring (bicyclic) bond motifs is 3. The Morgan fingerprint density at radius 3 is 2.74 bits per heavy atom. The van der Waals surface area contributed by atoms with Crippen molar-refractivity contribution in [1.29, 1.82) is 0 Å². The third-order valence-electron chi connectivity index (χ3n) is 9.39. The summed E-state index contributed by atoms with van der Waals surface area (Å²) in [5, 5.41) is 18.0. The largest absolute Gasteiger partial charge is 0.508 e. The summed E-state index contributed by atoms with van der Waals surface area (Å²) in [5.74, 6) is -1.17. The lowest BCUT2D eigenvalue weighted by Gasteiger charge is -2.31. The van der Waals surface area contributed by atoms with Crippen LogP contribution < -0.4 is 15.4 Å². The van der Waals surface area contributed by atoms with E-state index in [0.717, 1.165) is 38.8 Å². The number of aromatic nitrogens is 3. The number of carbonyl (C=O) groups is 1. The van der Waals surface area contributed by atoms with Gasteiger partial charge in [-0.3, -0.25) is 14.7 Å². The Bertz CT molecular complexity index is 1740. The van der Waals surface area contributed by atoms with Gasteiger partial charge in [0.2, 0.25) is 5.91 Å². The zero-order chi connectivity index (χ0) is 29.7. The topological polar surface area (TPSA) is 112 Å². The van der Waals surface area contributed by atoms with Gasteiger partial charge in [-0.15, -0.1) is 0 Å². The minimum Gasteiger partial charge on any atom is -0.508 e. The van der Waals surface area contributed by atoms with E-state index in [1.807, 2.05) is 6.92 Å². The van der Waals surface area contributed by atoms with Crippen LogP contribution in [0.1, 0.15) is 44.6 Å². The molecule has 224 valence electrons. The predicted molar refractivity (Wildman–Crippen MR) is 159 cm³/mol. The SMILES string of the molecule is CCc1c(F)ccc2cc(O)cc(-c3ncc4c(NCC5CCNC5=O)nc(OCC56CCCN5CCC6)nc4c3F)c12. The molecule has 7 rings (SSSR count). The number of aromatic hydroxyl groups is 1. The Morgan fingerprint density at radius 2 is 2.00 bits per heavy atom. The monoisotopic (exact) mass is 588 g/mol.